The summed E-state index contributed by atoms with van der Waals surface area (Å²) < 4.78 is 60.4. The van der Waals surface area contributed by atoms with E-state index in [1.165, 1.54) is 25.3 Å². The monoisotopic (exact) mass is 393 g/mol. The highest BCUT2D eigenvalue weighted by Gasteiger charge is 2.46. The molecule has 1 amide bonds. The fourth-order valence-electron chi connectivity index (χ4n) is 2.72. The average Bonchev–Trinajstić information content (AvgIpc) is 3.01. The zero-order chi connectivity index (χ0) is 20.2. The number of carboxylic acids is 1. The van der Waals surface area contributed by atoms with Crippen LogP contribution in [0.15, 0.2) is 18.2 Å². The molecule has 0 radical (unpaired) electrons. The van der Waals surface area contributed by atoms with Crippen LogP contribution in [0.2, 0.25) is 0 Å². The molecule has 1 atom stereocenters. The number of ether oxygens (including phenoxy) is 2. The van der Waals surface area contributed by atoms with Gasteiger partial charge in [-0.25, -0.2) is 9.18 Å². The fourth-order valence-corrected chi connectivity index (χ4v) is 2.72. The first-order valence-corrected chi connectivity index (χ1v) is 8.10. The van der Waals surface area contributed by atoms with Crippen molar-refractivity contribution in [2.24, 2.45) is 0 Å². The van der Waals surface area contributed by atoms with Crippen molar-refractivity contribution in [3.63, 3.8) is 0 Å². The summed E-state index contributed by atoms with van der Waals surface area (Å²) in [5.41, 5.74) is -1.81. The third-order valence-electron chi connectivity index (χ3n) is 4.20. The molecule has 0 aromatic heterocycles. The van der Waals surface area contributed by atoms with Crippen LogP contribution in [0, 0.1) is 0 Å². The predicted molar refractivity (Wildman–Crippen MR) is 85.5 cm³/mol. The Balaban J connectivity index is 1.94. The summed E-state index contributed by atoms with van der Waals surface area (Å²) in [6.07, 6.45) is -4.50. The number of methoxy groups -OCH3 is 1. The molecule has 1 N–H and O–H groups in total. The van der Waals surface area contributed by atoms with Crippen molar-refractivity contribution in [1.29, 1.82) is 0 Å². The average molecular weight is 393 g/mol. The zero-order valence-corrected chi connectivity index (χ0v) is 14.5. The highest BCUT2D eigenvalue weighted by Crippen LogP contribution is 2.31. The van der Waals surface area contributed by atoms with Gasteiger partial charge in [0, 0.05) is 19.4 Å². The summed E-state index contributed by atoms with van der Waals surface area (Å²) in [5, 5.41) is 8.85. The van der Waals surface area contributed by atoms with Gasteiger partial charge in [0.1, 0.15) is 0 Å². The maximum atomic E-state index is 14.0. The minimum Gasteiger partial charge on any atom is -0.493 e. The van der Waals surface area contributed by atoms with Gasteiger partial charge in [-0.2, -0.15) is 13.2 Å². The number of rotatable bonds is 7. The number of alkyl halides is 4. The van der Waals surface area contributed by atoms with Crippen molar-refractivity contribution >= 4 is 11.9 Å². The van der Waals surface area contributed by atoms with Gasteiger partial charge in [-0.3, -0.25) is 4.79 Å². The van der Waals surface area contributed by atoms with Crippen molar-refractivity contribution < 1.29 is 41.7 Å². The summed E-state index contributed by atoms with van der Waals surface area (Å²) in [6, 6.07) is 4.28. The van der Waals surface area contributed by atoms with Crippen LogP contribution in [0.3, 0.4) is 0 Å². The first kappa shape index (κ1) is 20.8. The molecule has 27 heavy (non-hydrogen) atoms. The van der Waals surface area contributed by atoms with Crippen LogP contribution in [0.4, 0.5) is 17.6 Å². The quantitative estimate of drug-likeness (QED) is 0.721. The minimum absolute atomic E-state index is 0.00160. The Morgan fingerprint density at radius 3 is 2.56 bits per heavy atom. The molecule has 10 heteroatoms. The molecule has 0 bridgehead atoms. The van der Waals surface area contributed by atoms with Gasteiger partial charge < -0.3 is 19.5 Å². The van der Waals surface area contributed by atoms with Crippen LogP contribution in [0.5, 0.6) is 11.5 Å². The molecule has 1 saturated heterocycles. The number of hydrogen-bond acceptors (Lipinski definition) is 4. The SMILES string of the molecule is COc1cc(CCC(=O)N2CCC(F)(C(=O)O)C2)ccc1OCC(F)(F)F. The maximum absolute atomic E-state index is 14.0. The number of carbonyl (C=O) groups is 2. The molecule has 0 spiro atoms. The van der Waals surface area contributed by atoms with E-state index in [-0.39, 0.29) is 37.3 Å². The van der Waals surface area contributed by atoms with Gasteiger partial charge in [-0.15, -0.1) is 0 Å². The van der Waals surface area contributed by atoms with Crippen molar-refractivity contribution in [2.45, 2.75) is 31.1 Å². The Labute approximate surface area is 152 Å². The molecule has 1 heterocycles. The summed E-state index contributed by atoms with van der Waals surface area (Å²) in [7, 11) is 1.28. The largest absolute Gasteiger partial charge is 0.493 e. The third-order valence-corrected chi connectivity index (χ3v) is 4.20. The van der Waals surface area contributed by atoms with E-state index in [0.717, 1.165) is 4.90 Å². The highest BCUT2D eigenvalue weighted by atomic mass is 19.4. The Morgan fingerprint density at radius 2 is 2.00 bits per heavy atom. The standard InChI is InChI=1S/C17H19F4NO5/c1-26-13-8-11(2-4-12(13)27-10-17(19,20)21)3-5-14(23)22-7-6-16(18,9-22)15(24)25/h2,4,8H,3,5-7,9-10H2,1H3,(H,24,25). The van der Waals surface area contributed by atoms with E-state index in [1.807, 2.05) is 0 Å². The fraction of sp³-hybridized carbons (Fsp3) is 0.529. The van der Waals surface area contributed by atoms with Crippen LogP contribution >= 0.6 is 0 Å². The van der Waals surface area contributed by atoms with Gasteiger partial charge in [-0.1, -0.05) is 6.07 Å². The van der Waals surface area contributed by atoms with Crippen LogP contribution in [-0.4, -0.2) is 60.5 Å². The smallest absolute Gasteiger partial charge is 0.422 e. The normalized spacial score (nSPS) is 19.8. The predicted octanol–water partition coefficient (Wildman–Crippen LogP) is 2.59. The lowest BCUT2D eigenvalue weighted by Crippen LogP contribution is -2.38. The van der Waals surface area contributed by atoms with Gasteiger partial charge in [0.15, 0.2) is 18.1 Å². The van der Waals surface area contributed by atoms with E-state index >= 15 is 0 Å². The number of nitrogens with zero attached hydrogens (tertiary/aromatic N) is 1. The Kier molecular flexibility index (Phi) is 6.17. The number of carbonyl (C=O) groups excluding carboxylic acids is 1. The van der Waals surface area contributed by atoms with Crippen LogP contribution in [0.25, 0.3) is 0 Å². The summed E-state index contributed by atoms with van der Waals surface area (Å²) >= 11 is 0. The lowest BCUT2D eigenvalue weighted by atomic mass is 10.1. The second kappa shape index (κ2) is 8.01. The number of amides is 1. The molecule has 0 aliphatic carbocycles. The first-order chi connectivity index (χ1) is 12.5. The van der Waals surface area contributed by atoms with Gasteiger partial charge >= 0.3 is 12.1 Å². The van der Waals surface area contributed by atoms with E-state index in [1.54, 1.807) is 0 Å². The Hall–Kier alpha value is -2.52. The molecule has 1 aliphatic rings. The Bertz CT molecular complexity index is 709. The van der Waals surface area contributed by atoms with Gasteiger partial charge in [0.2, 0.25) is 11.6 Å². The molecule has 0 saturated carbocycles. The van der Waals surface area contributed by atoms with Crippen molar-refractivity contribution in [2.75, 3.05) is 26.8 Å². The molecule has 1 unspecified atom stereocenters. The molecular weight excluding hydrogens is 374 g/mol. The molecule has 150 valence electrons. The second-order valence-electron chi connectivity index (χ2n) is 6.22. The van der Waals surface area contributed by atoms with Gasteiger partial charge in [0.05, 0.1) is 13.7 Å². The van der Waals surface area contributed by atoms with Crippen molar-refractivity contribution in [3.05, 3.63) is 23.8 Å². The number of likely N-dealkylation sites (tertiary alicyclic amines) is 1. The lowest BCUT2D eigenvalue weighted by molar-refractivity contribution is -0.153. The highest BCUT2D eigenvalue weighted by molar-refractivity contribution is 5.82. The lowest BCUT2D eigenvalue weighted by Gasteiger charge is -2.18. The molecule has 1 aromatic carbocycles. The number of aliphatic carboxylic acids is 1. The molecule has 1 fully saturated rings. The summed E-state index contributed by atoms with van der Waals surface area (Å²) in [4.78, 5) is 24.2. The van der Waals surface area contributed by atoms with Crippen LogP contribution in [-0.2, 0) is 16.0 Å². The third kappa shape index (κ3) is 5.48. The number of carboxylic acid groups (broad SMARTS) is 1. The van der Waals surface area contributed by atoms with Gasteiger partial charge in [0.25, 0.3) is 0 Å². The molecule has 2 rings (SSSR count). The van der Waals surface area contributed by atoms with Gasteiger partial charge in [-0.05, 0) is 24.1 Å². The summed E-state index contributed by atoms with van der Waals surface area (Å²) in [5.74, 6) is -1.96. The number of benzene rings is 1. The minimum atomic E-state index is -4.48. The van der Waals surface area contributed by atoms with E-state index < -0.39 is 36.9 Å². The topological polar surface area (TPSA) is 76.1 Å². The molecule has 6 nitrogen and oxygen atoms in total. The maximum Gasteiger partial charge on any atom is 0.422 e. The molecular formula is C17H19F4NO5. The second-order valence-corrected chi connectivity index (χ2v) is 6.22. The molecule has 1 aromatic rings. The van der Waals surface area contributed by atoms with E-state index in [2.05, 4.69) is 4.74 Å². The Morgan fingerprint density at radius 1 is 1.30 bits per heavy atom. The molecule has 1 aliphatic heterocycles. The number of hydrogen-bond donors (Lipinski definition) is 1. The van der Waals surface area contributed by atoms with Crippen LogP contribution < -0.4 is 9.47 Å². The number of halogens is 4. The van der Waals surface area contributed by atoms with E-state index in [4.69, 9.17) is 9.84 Å². The summed E-state index contributed by atoms with van der Waals surface area (Å²) in [6.45, 7) is -1.92. The first-order valence-electron chi connectivity index (χ1n) is 8.10. The van der Waals surface area contributed by atoms with Crippen molar-refractivity contribution in [3.8, 4) is 11.5 Å². The van der Waals surface area contributed by atoms with E-state index in [0.29, 0.717) is 5.56 Å². The zero-order valence-electron chi connectivity index (χ0n) is 14.5. The van der Waals surface area contributed by atoms with Crippen molar-refractivity contribution in [1.82, 2.24) is 4.90 Å². The van der Waals surface area contributed by atoms with E-state index in [9.17, 15) is 27.2 Å². The van der Waals surface area contributed by atoms with Crippen LogP contribution in [0.1, 0.15) is 18.4 Å². The number of aryl methyl sites for hydroxylation is 1.